The van der Waals surface area contributed by atoms with Crippen molar-refractivity contribution in [2.75, 3.05) is 11.5 Å². The van der Waals surface area contributed by atoms with Crippen molar-refractivity contribution in [3.63, 3.8) is 0 Å². The molecule has 0 radical (unpaired) electrons. The molecule has 4 heteroatoms. The van der Waals surface area contributed by atoms with E-state index in [0.717, 1.165) is 24.5 Å². The number of hydrogen-bond donors (Lipinski definition) is 1. The Morgan fingerprint density at radius 3 is 1.94 bits per heavy atom. The standard InChI is InChI=1S/C27H48O2S2/c1-2-3-4-15-22-27(25-19-13-11-14-20-25)26(21-17-23-30)18-12-9-7-5-6-8-10-16-24-31(28)29/h11,13-14,19-20,26-27,30H,2-10,12,15-18,21-24H2,1H3,(H,28,29)/p-1. The lowest BCUT2D eigenvalue weighted by molar-refractivity contribution is 0.330. The van der Waals surface area contributed by atoms with E-state index in [1.807, 2.05) is 0 Å². The summed E-state index contributed by atoms with van der Waals surface area (Å²) in [5, 5.41) is 0. The molecule has 3 atom stereocenters. The minimum absolute atomic E-state index is 0.328. The van der Waals surface area contributed by atoms with Crippen LogP contribution in [0, 0.1) is 5.92 Å². The SMILES string of the molecule is CCCCCCC(c1ccccc1)C(CCCS)CCCCCCCCCCS(=O)[O-]. The molecule has 0 aromatic heterocycles. The van der Waals surface area contributed by atoms with E-state index in [1.165, 1.54) is 89.9 Å². The van der Waals surface area contributed by atoms with Crippen LogP contribution >= 0.6 is 12.6 Å². The number of hydrogen-bond acceptors (Lipinski definition) is 3. The van der Waals surface area contributed by atoms with Crippen LogP contribution in [0.25, 0.3) is 0 Å². The van der Waals surface area contributed by atoms with E-state index < -0.39 is 11.1 Å². The molecule has 180 valence electrons. The van der Waals surface area contributed by atoms with Crippen molar-refractivity contribution in [3.05, 3.63) is 35.9 Å². The summed E-state index contributed by atoms with van der Waals surface area (Å²) in [4.78, 5) is 0. The Hall–Kier alpha value is -0.320. The van der Waals surface area contributed by atoms with Crippen LogP contribution in [0.5, 0.6) is 0 Å². The van der Waals surface area contributed by atoms with Gasteiger partial charge in [0.1, 0.15) is 0 Å². The summed E-state index contributed by atoms with van der Waals surface area (Å²) >= 11 is 2.64. The second-order valence-corrected chi connectivity index (χ2v) is 10.6. The van der Waals surface area contributed by atoms with Crippen LogP contribution in [0.2, 0.25) is 0 Å². The Bertz CT molecular complexity index is 535. The Balaban J connectivity index is 2.41. The van der Waals surface area contributed by atoms with Crippen LogP contribution in [-0.4, -0.2) is 20.3 Å². The largest absolute Gasteiger partial charge is 0.772 e. The molecule has 0 heterocycles. The molecule has 0 amide bonds. The zero-order valence-corrected chi connectivity index (χ0v) is 21.7. The molecular formula is C27H47O2S2-. The summed E-state index contributed by atoms with van der Waals surface area (Å²) in [5.41, 5.74) is 1.54. The maximum atomic E-state index is 10.5. The van der Waals surface area contributed by atoms with Gasteiger partial charge in [-0.25, -0.2) is 0 Å². The third-order valence-corrected chi connectivity index (χ3v) is 7.47. The van der Waals surface area contributed by atoms with E-state index in [1.54, 1.807) is 5.56 Å². The molecule has 2 nitrogen and oxygen atoms in total. The van der Waals surface area contributed by atoms with Gasteiger partial charge < -0.3 is 4.55 Å². The Morgan fingerprint density at radius 2 is 1.32 bits per heavy atom. The van der Waals surface area contributed by atoms with Crippen molar-refractivity contribution in [3.8, 4) is 0 Å². The first-order valence-electron chi connectivity index (χ1n) is 12.9. The number of rotatable bonds is 21. The molecule has 0 bridgehead atoms. The first-order chi connectivity index (χ1) is 15.2. The van der Waals surface area contributed by atoms with Crippen molar-refractivity contribution in [2.24, 2.45) is 5.92 Å². The molecule has 0 aliphatic carbocycles. The zero-order chi connectivity index (χ0) is 22.6. The second-order valence-electron chi connectivity index (χ2n) is 9.12. The van der Waals surface area contributed by atoms with Gasteiger partial charge in [-0.3, -0.25) is 4.21 Å². The maximum absolute atomic E-state index is 10.5. The highest BCUT2D eigenvalue weighted by Crippen LogP contribution is 2.36. The molecule has 1 aromatic rings. The fourth-order valence-electron chi connectivity index (χ4n) is 4.75. The molecule has 1 rings (SSSR count). The Kier molecular flexibility index (Phi) is 18.8. The van der Waals surface area contributed by atoms with Crippen LogP contribution in [0.4, 0.5) is 0 Å². The van der Waals surface area contributed by atoms with E-state index in [2.05, 4.69) is 49.9 Å². The van der Waals surface area contributed by atoms with E-state index >= 15 is 0 Å². The van der Waals surface area contributed by atoms with Gasteiger partial charge in [0, 0.05) is 5.75 Å². The fraction of sp³-hybridized carbons (Fsp3) is 0.778. The van der Waals surface area contributed by atoms with Crippen molar-refractivity contribution >= 4 is 23.7 Å². The van der Waals surface area contributed by atoms with Crippen molar-refractivity contribution < 1.29 is 8.76 Å². The summed E-state index contributed by atoms with van der Waals surface area (Å²) in [6.07, 6.45) is 20.2. The van der Waals surface area contributed by atoms with Gasteiger partial charge in [0.05, 0.1) is 0 Å². The summed E-state index contributed by atoms with van der Waals surface area (Å²) in [5.74, 6) is 2.80. The van der Waals surface area contributed by atoms with E-state index in [9.17, 15) is 8.76 Å². The number of benzene rings is 1. The van der Waals surface area contributed by atoms with Crippen molar-refractivity contribution in [2.45, 2.75) is 116 Å². The average molecular weight is 468 g/mol. The van der Waals surface area contributed by atoms with Gasteiger partial charge in [0.2, 0.25) is 0 Å². The smallest absolute Gasteiger partial charge is 0.0102 e. The predicted octanol–water partition coefficient (Wildman–Crippen LogP) is 8.46. The van der Waals surface area contributed by atoms with E-state index in [4.69, 9.17) is 0 Å². The molecule has 0 spiro atoms. The van der Waals surface area contributed by atoms with E-state index in [-0.39, 0.29) is 0 Å². The molecule has 1 aromatic carbocycles. The van der Waals surface area contributed by atoms with Gasteiger partial charge >= 0.3 is 0 Å². The van der Waals surface area contributed by atoms with Crippen LogP contribution in [-0.2, 0) is 11.1 Å². The number of unbranched alkanes of at least 4 members (excludes halogenated alkanes) is 10. The lowest BCUT2D eigenvalue weighted by Gasteiger charge is -2.28. The summed E-state index contributed by atoms with van der Waals surface area (Å²) < 4.78 is 21.1. The highest BCUT2D eigenvalue weighted by Gasteiger charge is 2.22. The molecule has 0 aliphatic rings. The van der Waals surface area contributed by atoms with Gasteiger partial charge in [-0.15, -0.1) is 0 Å². The minimum atomic E-state index is -1.86. The zero-order valence-electron chi connectivity index (χ0n) is 19.9. The molecular weight excluding hydrogens is 420 g/mol. The molecule has 0 N–H and O–H groups in total. The molecule has 0 saturated carbocycles. The molecule has 0 fully saturated rings. The molecule has 3 unspecified atom stereocenters. The number of thiol groups is 1. The average Bonchev–Trinajstić information content (AvgIpc) is 2.78. The van der Waals surface area contributed by atoms with Crippen LogP contribution in [0.15, 0.2) is 30.3 Å². The second kappa shape index (κ2) is 20.3. The van der Waals surface area contributed by atoms with E-state index in [0.29, 0.717) is 11.7 Å². The van der Waals surface area contributed by atoms with Crippen LogP contribution in [0.3, 0.4) is 0 Å². The normalized spacial score (nSPS) is 14.4. The monoisotopic (exact) mass is 467 g/mol. The predicted molar refractivity (Wildman–Crippen MR) is 140 cm³/mol. The van der Waals surface area contributed by atoms with Crippen LogP contribution < -0.4 is 0 Å². The topological polar surface area (TPSA) is 40.1 Å². The Morgan fingerprint density at radius 1 is 0.774 bits per heavy atom. The summed E-state index contributed by atoms with van der Waals surface area (Å²) in [7, 11) is 0. The fourth-order valence-corrected chi connectivity index (χ4v) is 5.38. The van der Waals surface area contributed by atoms with Gasteiger partial charge in [0.25, 0.3) is 0 Å². The first-order valence-corrected chi connectivity index (χ1v) is 14.8. The third-order valence-electron chi connectivity index (χ3n) is 6.53. The van der Waals surface area contributed by atoms with Gasteiger partial charge in [-0.05, 0) is 55.3 Å². The molecule has 0 saturated heterocycles. The lowest BCUT2D eigenvalue weighted by Crippen LogP contribution is -2.14. The Labute approximate surface area is 201 Å². The summed E-state index contributed by atoms with van der Waals surface area (Å²) in [6, 6.07) is 11.2. The lowest BCUT2D eigenvalue weighted by atomic mass is 9.77. The maximum Gasteiger partial charge on any atom is 0.0102 e. The highest BCUT2D eigenvalue weighted by atomic mass is 32.2. The summed E-state index contributed by atoms with van der Waals surface area (Å²) in [6.45, 7) is 2.29. The van der Waals surface area contributed by atoms with Gasteiger partial charge in [-0.1, -0.05) is 119 Å². The van der Waals surface area contributed by atoms with Crippen molar-refractivity contribution in [1.82, 2.24) is 0 Å². The molecule has 0 aliphatic heterocycles. The first kappa shape index (κ1) is 28.7. The quantitative estimate of drug-likeness (QED) is 0.112. The third kappa shape index (κ3) is 15.2. The highest BCUT2D eigenvalue weighted by molar-refractivity contribution is 7.80. The van der Waals surface area contributed by atoms with Gasteiger partial charge in [0.15, 0.2) is 0 Å². The van der Waals surface area contributed by atoms with Crippen molar-refractivity contribution in [1.29, 1.82) is 0 Å². The van der Waals surface area contributed by atoms with Crippen LogP contribution in [0.1, 0.15) is 121 Å². The molecule has 31 heavy (non-hydrogen) atoms. The van der Waals surface area contributed by atoms with Gasteiger partial charge in [-0.2, -0.15) is 12.6 Å². The minimum Gasteiger partial charge on any atom is -0.772 e.